The number of benzene rings is 1. The predicted molar refractivity (Wildman–Crippen MR) is 114 cm³/mol. The molecule has 0 fully saturated rings. The summed E-state index contributed by atoms with van der Waals surface area (Å²) in [6.45, 7) is 9.72. The smallest absolute Gasteiger partial charge is 0.295 e. The second-order valence-corrected chi connectivity index (χ2v) is 8.65. The summed E-state index contributed by atoms with van der Waals surface area (Å²) in [4.78, 5) is 21.8. The first-order valence-corrected chi connectivity index (χ1v) is 9.94. The Bertz CT molecular complexity index is 1160. The van der Waals surface area contributed by atoms with Crippen molar-refractivity contribution >= 4 is 17.0 Å². The lowest BCUT2D eigenvalue weighted by molar-refractivity contribution is 0.173. The molecule has 3 rings (SSSR count). The van der Waals surface area contributed by atoms with E-state index in [0.717, 1.165) is 12.1 Å². The number of anilines is 1. The van der Waals surface area contributed by atoms with E-state index in [1.165, 1.54) is 23.8 Å². The molecule has 2 aromatic heterocycles. The molecule has 31 heavy (non-hydrogen) atoms. The predicted octanol–water partition coefficient (Wildman–Crippen LogP) is 4.09. The summed E-state index contributed by atoms with van der Waals surface area (Å²) in [6.07, 6.45) is 0.671. The number of pyridine rings is 1. The largest absolute Gasteiger partial charge is 0.448 e. The zero-order valence-electron chi connectivity index (χ0n) is 18.1. The highest BCUT2D eigenvalue weighted by atomic mass is 19.1. The summed E-state index contributed by atoms with van der Waals surface area (Å²) in [6, 6.07) is 4.25. The molecule has 166 valence electrons. The van der Waals surface area contributed by atoms with Crippen LogP contribution in [0.25, 0.3) is 11.0 Å². The maximum absolute atomic E-state index is 14.0. The van der Waals surface area contributed by atoms with E-state index in [9.17, 15) is 18.7 Å². The minimum atomic E-state index is -0.937. The van der Waals surface area contributed by atoms with Crippen LogP contribution < -0.4 is 15.6 Å². The van der Waals surface area contributed by atoms with Gasteiger partial charge in [-0.05, 0) is 37.5 Å². The van der Waals surface area contributed by atoms with E-state index in [1.54, 1.807) is 0 Å². The minimum absolute atomic E-state index is 0.0471. The summed E-state index contributed by atoms with van der Waals surface area (Å²) in [7, 11) is 0. The van der Waals surface area contributed by atoms with E-state index < -0.39 is 23.3 Å². The molecule has 0 spiro atoms. The molecule has 2 heterocycles. The molecule has 7 nitrogen and oxygen atoms in total. The SMILES string of the molecule is C[C@H](Nc1ncc2cc(Oc3ccc(F)cc3F)c(=O)n(C[C@@H](C)O)c2n1)C(C)(C)C. The fraction of sp³-hybridized carbons (Fsp3) is 0.409. The van der Waals surface area contributed by atoms with E-state index in [2.05, 4.69) is 36.1 Å². The number of aliphatic hydroxyl groups is 1. The molecule has 0 saturated heterocycles. The Hall–Kier alpha value is -3.07. The molecule has 0 amide bonds. The number of aromatic nitrogens is 3. The van der Waals surface area contributed by atoms with E-state index in [0.29, 0.717) is 23.0 Å². The second kappa shape index (κ2) is 8.58. The lowest BCUT2D eigenvalue weighted by Gasteiger charge is -2.28. The van der Waals surface area contributed by atoms with Crippen LogP contribution in [0.4, 0.5) is 14.7 Å². The van der Waals surface area contributed by atoms with Gasteiger partial charge in [-0.3, -0.25) is 9.36 Å². The zero-order valence-corrected chi connectivity index (χ0v) is 18.1. The number of hydrogen-bond donors (Lipinski definition) is 2. The number of rotatable bonds is 6. The van der Waals surface area contributed by atoms with Crippen molar-refractivity contribution in [3.63, 3.8) is 0 Å². The third kappa shape index (κ3) is 5.16. The Morgan fingerprint density at radius 3 is 2.52 bits per heavy atom. The standard InChI is InChI=1S/C22H26F2N4O3/c1-12(29)11-28-19-14(10-25-21(27-19)26-13(2)22(3,4)5)8-18(20(28)30)31-17-7-6-15(23)9-16(17)24/h6-10,12-13,29H,11H2,1-5H3,(H,25,26,27)/t12-,13+/m1/s1. The number of ether oxygens (including phenoxy) is 1. The topological polar surface area (TPSA) is 89.3 Å². The number of fused-ring (bicyclic) bond motifs is 1. The van der Waals surface area contributed by atoms with Gasteiger partial charge in [-0.25, -0.2) is 13.8 Å². The van der Waals surface area contributed by atoms with Gasteiger partial charge >= 0.3 is 0 Å². The van der Waals surface area contributed by atoms with Gasteiger partial charge in [-0.1, -0.05) is 20.8 Å². The molecule has 2 N–H and O–H groups in total. The van der Waals surface area contributed by atoms with Crippen LogP contribution in [0.5, 0.6) is 11.5 Å². The van der Waals surface area contributed by atoms with Crippen molar-refractivity contribution in [2.24, 2.45) is 5.41 Å². The quantitative estimate of drug-likeness (QED) is 0.610. The third-order valence-electron chi connectivity index (χ3n) is 5.00. The van der Waals surface area contributed by atoms with Crippen molar-refractivity contribution in [2.75, 3.05) is 5.32 Å². The van der Waals surface area contributed by atoms with Crippen molar-refractivity contribution in [3.05, 3.63) is 52.5 Å². The molecule has 2 atom stereocenters. The maximum atomic E-state index is 14.0. The molecule has 1 aromatic carbocycles. The molecule has 0 aliphatic rings. The molecule has 0 saturated carbocycles. The van der Waals surface area contributed by atoms with Crippen LogP contribution >= 0.6 is 0 Å². The first kappa shape index (κ1) is 22.6. The lowest BCUT2D eigenvalue weighted by Crippen LogP contribution is -2.32. The summed E-state index contributed by atoms with van der Waals surface area (Å²) >= 11 is 0. The maximum Gasteiger partial charge on any atom is 0.295 e. The van der Waals surface area contributed by atoms with Gasteiger partial charge in [0, 0.05) is 23.7 Å². The molecule has 0 radical (unpaired) electrons. The first-order valence-electron chi connectivity index (χ1n) is 9.94. The summed E-state index contributed by atoms with van der Waals surface area (Å²) in [5.74, 6) is -1.83. The summed E-state index contributed by atoms with van der Waals surface area (Å²) < 4.78 is 33.9. The van der Waals surface area contributed by atoms with Gasteiger partial charge in [0.25, 0.3) is 5.56 Å². The van der Waals surface area contributed by atoms with E-state index >= 15 is 0 Å². The van der Waals surface area contributed by atoms with Crippen LogP contribution in [0, 0.1) is 17.0 Å². The lowest BCUT2D eigenvalue weighted by atomic mass is 9.88. The van der Waals surface area contributed by atoms with Gasteiger partial charge in [0.2, 0.25) is 5.95 Å². The highest BCUT2D eigenvalue weighted by Crippen LogP contribution is 2.26. The molecular formula is C22H26F2N4O3. The Balaban J connectivity index is 2.09. The number of aliphatic hydroxyl groups excluding tert-OH is 1. The number of hydrogen-bond acceptors (Lipinski definition) is 6. The highest BCUT2D eigenvalue weighted by Gasteiger charge is 2.22. The number of nitrogens with zero attached hydrogens (tertiary/aromatic N) is 3. The number of nitrogens with one attached hydrogen (secondary N) is 1. The molecule has 0 aliphatic heterocycles. The Kier molecular flexibility index (Phi) is 6.26. The molecule has 9 heteroatoms. The van der Waals surface area contributed by atoms with Gasteiger partial charge < -0.3 is 15.2 Å². The van der Waals surface area contributed by atoms with E-state index in [-0.39, 0.29) is 29.5 Å². The minimum Gasteiger partial charge on any atom is -0.448 e. The second-order valence-electron chi connectivity index (χ2n) is 8.65. The normalized spacial score (nSPS) is 13.8. The van der Waals surface area contributed by atoms with Gasteiger partial charge in [-0.2, -0.15) is 4.98 Å². The molecule has 0 aliphatic carbocycles. The average molecular weight is 432 g/mol. The summed E-state index contributed by atoms with van der Waals surface area (Å²) in [5, 5.41) is 13.6. The molecule has 3 aromatic rings. The van der Waals surface area contributed by atoms with Crippen molar-refractivity contribution in [1.82, 2.24) is 14.5 Å². The summed E-state index contributed by atoms with van der Waals surface area (Å²) in [5.41, 5.74) is -0.351. The fourth-order valence-electron chi connectivity index (χ4n) is 2.80. The van der Waals surface area contributed by atoms with Crippen molar-refractivity contribution in [1.29, 1.82) is 0 Å². The van der Waals surface area contributed by atoms with Crippen LogP contribution in [-0.2, 0) is 6.54 Å². The molecule has 0 bridgehead atoms. The van der Waals surface area contributed by atoms with Crippen molar-refractivity contribution < 1.29 is 18.6 Å². The monoisotopic (exact) mass is 432 g/mol. The van der Waals surface area contributed by atoms with Gasteiger partial charge in [0.1, 0.15) is 11.5 Å². The van der Waals surface area contributed by atoms with Gasteiger partial charge in [0.15, 0.2) is 17.3 Å². The average Bonchev–Trinajstić information content (AvgIpc) is 2.66. The Labute approximate surface area is 178 Å². The van der Waals surface area contributed by atoms with Crippen LogP contribution in [0.15, 0.2) is 35.3 Å². The van der Waals surface area contributed by atoms with Crippen LogP contribution in [0.1, 0.15) is 34.6 Å². The number of halogens is 2. The van der Waals surface area contributed by atoms with Crippen LogP contribution in [0.2, 0.25) is 0 Å². The van der Waals surface area contributed by atoms with Crippen LogP contribution in [0.3, 0.4) is 0 Å². The Morgan fingerprint density at radius 2 is 1.90 bits per heavy atom. The van der Waals surface area contributed by atoms with Gasteiger partial charge in [-0.15, -0.1) is 0 Å². The van der Waals surface area contributed by atoms with Crippen molar-refractivity contribution in [2.45, 2.75) is 53.3 Å². The van der Waals surface area contributed by atoms with Crippen molar-refractivity contribution in [3.8, 4) is 11.5 Å². The molecule has 0 unspecified atom stereocenters. The first-order chi connectivity index (χ1) is 14.5. The third-order valence-corrected chi connectivity index (χ3v) is 5.00. The fourth-order valence-corrected chi connectivity index (χ4v) is 2.80. The Morgan fingerprint density at radius 1 is 1.19 bits per heavy atom. The van der Waals surface area contributed by atoms with E-state index in [4.69, 9.17) is 4.74 Å². The zero-order chi connectivity index (χ0) is 22.9. The van der Waals surface area contributed by atoms with Crippen LogP contribution in [-0.4, -0.2) is 31.8 Å². The molecular weight excluding hydrogens is 406 g/mol. The van der Waals surface area contributed by atoms with Gasteiger partial charge in [0.05, 0.1) is 12.6 Å². The highest BCUT2D eigenvalue weighted by molar-refractivity contribution is 5.77. The van der Waals surface area contributed by atoms with E-state index in [1.807, 2.05) is 6.92 Å².